The lowest BCUT2D eigenvalue weighted by Crippen LogP contribution is -2.47. The zero-order valence-corrected chi connectivity index (χ0v) is 12.4. The number of likely N-dealkylation sites (tertiary alicyclic amines) is 1. The molecule has 1 heterocycles. The molecule has 0 bridgehead atoms. The van der Waals surface area contributed by atoms with Crippen molar-refractivity contribution in [1.29, 1.82) is 0 Å². The number of hydrogen-bond acceptors (Lipinski definition) is 3. The van der Waals surface area contributed by atoms with E-state index in [0.29, 0.717) is 13.2 Å². The topological polar surface area (TPSA) is 49.8 Å². The molecule has 1 aliphatic rings. The van der Waals surface area contributed by atoms with Crippen molar-refractivity contribution in [1.82, 2.24) is 4.90 Å². The molecule has 0 spiro atoms. The molecule has 1 rings (SSSR count). The lowest BCUT2D eigenvalue weighted by Gasteiger charge is -2.41. The highest BCUT2D eigenvalue weighted by Gasteiger charge is 2.35. The zero-order chi connectivity index (χ0) is 14.3. The van der Waals surface area contributed by atoms with E-state index in [1.54, 1.807) is 13.2 Å². The second-order valence-corrected chi connectivity index (χ2v) is 5.84. The van der Waals surface area contributed by atoms with E-state index in [2.05, 4.69) is 0 Å². The van der Waals surface area contributed by atoms with Gasteiger partial charge in [-0.2, -0.15) is 0 Å². The van der Waals surface area contributed by atoms with Crippen molar-refractivity contribution in [2.75, 3.05) is 33.4 Å². The number of ether oxygens (including phenoxy) is 1. The van der Waals surface area contributed by atoms with Crippen LogP contribution in [0.5, 0.6) is 0 Å². The van der Waals surface area contributed by atoms with Crippen molar-refractivity contribution in [3.63, 3.8) is 0 Å². The van der Waals surface area contributed by atoms with E-state index in [9.17, 15) is 9.90 Å². The summed E-state index contributed by atoms with van der Waals surface area (Å²) in [5.41, 5.74) is 0.881. The first kappa shape index (κ1) is 16.2. The number of carbonyl (C=O) groups excluding carboxylic acids is 1. The van der Waals surface area contributed by atoms with Crippen LogP contribution in [0.1, 0.15) is 39.5 Å². The highest BCUT2D eigenvalue weighted by atomic mass is 16.5. The fraction of sp³-hybridized carbons (Fsp3) is 0.800. The number of methoxy groups -OCH3 is 1. The predicted molar refractivity (Wildman–Crippen MR) is 75.9 cm³/mol. The fourth-order valence-electron chi connectivity index (χ4n) is 2.74. The molecule has 4 nitrogen and oxygen atoms in total. The maximum Gasteiger partial charge on any atom is 0.246 e. The monoisotopic (exact) mass is 269 g/mol. The fourth-order valence-corrected chi connectivity index (χ4v) is 2.74. The summed E-state index contributed by atoms with van der Waals surface area (Å²) in [6.07, 6.45) is 5.49. The van der Waals surface area contributed by atoms with Crippen molar-refractivity contribution in [2.45, 2.75) is 39.5 Å². The Kier molecular flexibility index (Phi) is 6.52. The van der Waals surface area contributed by atoms with Crippen LogP contribution < -0.4 is 0 Å². The van der Waals surface area contributed by atoms with E-state index in [4.69, 9.17) is 4.74 Å². The molecule has 0 radical (unpaired) electrons. The van der Waals surface area contributed by atoms with Gasteiger partial charge in [-0.25, -0.2) is 0 Å². The molecule has 1 aliphatic heterocycles. The first-order valence-electron chi connectivity index (χ1n) is 7.06. The predicted octanol–water partition coefficient (Wildman–Crippen LogP) is 1.98. The summed E-state index contributed by atoms with van der Waals surface area (Å²) < 4.78 is 5.08. The van der Waals surface area contributed by atoms with Crippen molar-refractivity contribution in [2.24, 2.45) is 5.41 Å². The first-order chi connectivity index (χ1) is 9.03. The smallest absolute Gasteiger partial charge is 0.246 e. The number of amides is 1. The number of carbonyl (C=O) groups is 1. The normalized spacial score (nSPS) is 23.3. The number of allylic oxidation sites excluding steroid dienone is 1. The SMILES string of the molecule is COCCC[C@@]1(CO)CCCN(C(=O)C=C(C)C)C1. The number of piperidine rings is 1. The molecular weight excluding hydrogens is 242 g/mol. The Labute approximate surface area is 116 Å². The van der Waals surface area contributed by atoms with Gasteiger partial charge in [0.25, 0.3) is 0 Å². The quantitative estimate of drug-likeness (QED) is 0.592. The minimum absolute atomic E-state index is 0.0734. The molecule has 1 atom stereocenters. The van der Waals surface area contributed by atoms with E-state index in [0.717, 1.165) is 37.8 Å². The summed E-state index contributed by atoms with van der Waals surface area (Å²) in [5.74, 6) is 0.0734. The highest BCUT2D eigenvalue weighted by Crippen LogP contribution is 2.34. The summed E-state index contributed by atoms with van der Waals surface area (Å²) in [6, 6.07) is 0. The summed E-state index contributed by atoms with van der Waals surface area (Å²) in [4.78, 5) is 14.0. The molecule has 110 valence electrons. The molecule has 0 unspecified atom stereocenters. The second kappa shape index (κ2) is 7.65. The van der Waals surface area contributed by atoms with Gasteiger partial charge in [-0.1, -0.05) is 5.57 Å². The van der Waals surface area contributed by atoms with Crippen LogP contribution in [0.15, 0.2) is 11.6 Å². The van der Waals surface area contributed by atoms with Gasteiger partial charge < -0.3 is 14.7 Å². The lowest BCUT2D eigenvalue weighted by molar-refractivity contribution is -0.130. The Hall–Kier alpha value is -0.870. The molecule has 0 aromatic rings. The maximum atomic E-state index is 12.1. The summed E-state index contributed by atoms with van der Waals surface area (Å²) in [7, 11) is 1.69. The van der Waals surface area contributed by atoms with E-state index < -0.39 is 0 Å². The third-order valence-electron chi connectivity index (χ3n) is 3.78. The number of nitrogens with zero attached hydrogens (tertiary/aromatic N) is 1. The molecule has 1 amide bonds. The van der Waals surface area contributed by atoms with Gasteiger partial charge >= 0.3 is 0 Å². The van der Waals surface area contributed by atoms with Crippen LogP contribution in [0.4, 0.5) is 0 Å². The minimum Gasteiger partial charge on any atom is -0.396 e. The van der Waals surface area contributed by atoms with Crippen molar-refractivity contribution in [3.8, 4) is 0 Å². The van der Waals surface area contributed by atoms with Crippen LogP contribution in [0.2, 0.25) is 0 Å². The summed E-state index contributed by atoms with van der Waals surface area (Å²) in [5, 5.41) is 9.73. The van der Waals surface area contributed by atoms with Crippen molar-refractivity contribution < 1.29 is 14.6 Å². The second-order valence-electron chi connectivity index (χ2n) is 5.84. The number of rotatable bonds is 6. The maximum absolute atomic E-state index is 12.1. The average molecular weight is 269 g/mol. The zero-order valence-electron chi connectivity index (χ0n) is 12.4. The van der Waals surface area contributed by atoms with Crippen LogP contribution in [-0.4, -0.2) is 49.3 Å². The molecule has 0 aliphatic carbocycles. The van der Waals surface area contributed by atoms with Gasteiger partial charge in [-0.15, -0.1) is 0 Å². The van der Waals surface area contributed by atoms with Gasteiger partial charge in [0.05, 0.1) is 6.61 Å². The van der Waals surface area contributed by atoms with Crippen LogP contribution in [0.25, 0.3) is 0 Å². The van der Waals surface area contributed by atoms with Crippen molar-refractivity contribution >= 4 is 5.91 Å². The van der Waals surface area contributed by atoms with E-state index in [-0.39, 0.29) is 17.9 Å². The van der Waals surface area contributed by atoms with Gasteiger partial charge in [0.15, 0.2) is 0 Å². The molecule has 0 aromatic heterocycles. The van der Waals surface area contributed by atoms with E-state index >= 15 is 0 Å². The number of hydrogen-bond donors (Lipinski definition) is 1. The first-order valence-corrected chi connectivity index (χ1v) is 7.06. The molecule has 1 fully saturated rings. The Morgan fingerprint density at radius 3 is 2.79 bits per heavy atom. The van der Waals surface area contributed by atoms with Crippen molar-refractivity contribution in [3.05, 3.63) is 11.6 Å². The molecule has 19 heavy (non-hydrogen) atoms. The Bertz CT molecular complexity index is 323. The van der Waals surface area contributed by atoms with Gasteiger partial charge in [0.2, 0.25) is 5.91 Å². The Balaban J connectivity index is 2.64. The largest absolute Gasteiger partial charge is 0.396 e. The van der Waals surface area contributed by atoms with Crippen LogP contribution in [-0.2, 0) is 9.53 Å². The van der Waals surface area contributed by atoms with Gasteiger partial charge in [-0.05, 0) is 39.5 Å². The number of aliphatic hydroxyl groups excluding tert-OH is 1. The van der Waals surface area contributed by atoms with Gasteiger partial charge in [-0.3, -0.25) is 4.79 Å². The van der Waals surface area contributed by atoms with Crippen LogP contribution in [0.3, 0.4) is 0 Å². The lowest BCUT2D eigenvalue weighted by atomic mass is 9.77. The van der Waals surface area contributed by atoms with E-state index in [1.807, 2.05) is 18.7 Å². The summed E-state index contributed by atoms with van der Waals surface area (Å²) >= 11 is 0. The Morgan fingerprint density at radius 1 is 1.47 bits per heavy atom. The third-order valence-corrected chi connectivity index (χ3v) is 3.78. The summed E-state index contributed by atoms with van der Waals surface area (Å²) in [6.45, 7) is 6.18. The third kappa shape index (κ3) is 4.96. The average Bonchev–Trinajstić information content (AvgIpc) is 2.38. The molecule has 1 N–H and O–H groups in total. The van der Waals surface area contributed by atoms with Gasteiger partial charge in [0, 0.05) is 38.3 Å². The molecule has 1 saturated heterocycles. The van der Waals surface area contributed by atoms with Crippen LogP contribution in [0, 0.1) is 5.41 Å². The molecule has 0 aromatic carbocycles. The van der Waals surface area contributed by atoms with E-state index in [1.165, 1.54) is 0 Å². The minimum atomic E-state index is -0.137. The molecule has 0 saturated carbocycles. The van der Waals surface area contributed by atoms with Crippen LogP contribution >= 0.6 is 0 Å². The number of aliphatic hydroxyl groups is 1. The Morgan fingerprint density at radius 2 is 2.21 bits per heavy atom. The standard InChI is InChI=1S/C15H27NO3/c1-13(2)10-14(18)16-8-4-6-15(11-16,12-17)7-5-9-19-3/h10,17H,4-9,11-12H2,1-3H3/t15-/m0/s1. The molecule has 4 heteroatoms. The molecular formula is C15H27NO3. The highest BCUT2D eigenvalue weighted by molar-refractivity contribution is 5.88. The van der Waals surface area contributed by atoms with Gasteiger partial charge in [0.1, 0.15) is 0 Å².